The molecule has 2 amide bonds. The summed E-state index contributed by atoms with van der Waals surface area (Å²) in [5, 5.41) is 6.87. The maximum atomic E-state index is 14.3. The maximum Gasteiger partial charge on any atom is 0.262 e. The molecule has 27 heavy (non-hydrogen) atoms. The summed E-state index contributed by atoms with van der Waals surface area (Å²) in [6.07, 6.45) is 0. The van der Waals surface area contributed by atoms with Crippen molar-refractivity contribution in [2.75, 3.05) is 5.32 Å². The number of amides is 2. The number of anilines is 1. The number of nitrogens with two attached hydrogens (primary N) is 1. The number of thiophene rings is 1. The monoisotopic (exact) mass is 407 g/mol. The van der Waals surface area contributed by atoms with E-state index in [-0.39, 0.29) is 33.2 Å². The van der Waals surface area contributed by atoms with Gasteiger partial charge in [0.05, 0.1) is 16.1 Å². The molecule has 3 N–H and O–H groups in total. The SMILES string of the molecule is Cc1onc(-c2c(F)cccc2Cl)c1C(=O)Nc1sc(C)c(C)c1C(N)=O. The fraction of sp³-hybridized carbons (Fsp3) is 0.167. The number of nitrogens with one attached hydrogen (secondary N) is 1. The number of carbonyl (C=O) groups is 2. The minimum Gasteiger partial charge on any atom is -0.365 e. The van der Waals surface area contributed by atoms with E-state index in [0.29, 0.717) is 10.6 Å². The van der Waals surface area contributed by atoms with Crippen LogP contribution < -0.4 is 11.1 Å². The van der Waals surface area contributed by atoms with Crippen molar-refractivity contribution in [3.63, 3.8) is 0 Å². The van der Waals surface area contributed by atoms with Crippen LogP contribution in [-0.4, -0.2) is 17.0 Å². The van der Waals surface area contributed by atoms with Gasteiger partial charge in [0, 0.05) is 4.88 Å². The number of hydrogen-bond donors (Lipinski definition) is 2. The highest BCUT2D eigenvalue weighted by molar-refractivity contribution is 7.16. The largest absolute Gasteiger partial charge is 0.365 e. The van der Waals surface area contributed by atoms with Crippen LogP contribution in [0.4, 0.5) is 9.39 Å². The fourth-order valence-corrected chi connectivity index (χ4v) is 4.02. The molecule has 0 radical (unpaired) electrons. The molecule has 0 unspecified atom stereocenters. The summed E-state index contributed by atoms with van der Waals surface area (Å²) in [6.45, 7) is 5.09. The first-order chi connectivity index (χ1) is 12.7. The number of carbonyl (C=O) groups excluding carboxylic acids is 2. The van der Waals surface area contributed by atoms with E-state index in [4.69, 9.17) is 21.9 Å². The quantitative estimate of drug-likeness (QED) is 0.666. The lowest BCUT2D eigenvalue weighted by atomic mass is 10.0. The first-order valence-corrected chi connectivity index (χ1v) is 9.03. The summed E-state index contributed by atoms with van der Waals surface area (Å²) in [5.74, 6) is -1.70. The van der Waals surface area contributed by atoms with Gasteiger partial charge in [0.1, 0.15) is 27.8 Å². The molecule has 0 aliphatic carbocycles. The molecule has 0 saturated carbocycles. The van der Waals surface area contributed by atoms with Crippen molar-refractivity contribution < 1.29 is 18.5 Å². The van der Waals surface area contributed by atoms with E-state index < -0.39 is 17.6 Å². The Bertz CT molecular complexity index is 1050. The van der Waals surface area contributed by atoms with Crippen LogP contribution in [0.2, 0.25) is 5.02 Å². The molecule has 6 nitrogen and oxygen atoms in total. The summed E-state index contributed by atoms with van der Waals surface area (Å²) < 4.78 is 19.4. The van der Waals surface area contributed by atoms with Crippen LogP contribution in [0.3, 0.4) is 0 Å². The molecule has 1 aromatic carbocycles. The molecular formula is C18H15ClFN3O3S. The van der Waals surface area contributed by atoms with Gasteiger partial charge in [-0.15, -0.1) is 11.3 Å². The lowest BCUT2D eigenvalue weighted by Gasteiger charge is -2.07. The van der Waals surface area contributed by atoms with Gasteiger partial charge in [-0.05, 0) is 38.5 Å². The summed E-state index contributed by atoms with van der Waals surface area (Å²) in [7, 11) is 0. The van der Waals surface area contributed by atoms with E-state index in [9.17, 15) is 14.0 Å². The number of halogens is 2. The van der Waals surface area contributed by atoms with Crippen molar-refractivity contribution in [3.05, 3.63) is 56.4 Å². The molecule has 3 aromatic rings. The lowest BCUT2D eigenvalue weighted by molar-refractivity contribution is 0.100. The molecule has 9 heteroatoms. The van der Waals surface area contributed by atoms with Crippen LogP contribution >= 0.6 is 22.9 Å². The number of aryl methyl sites for hydroxylation is 2. The van der Waals surface area contributed by atoms with Crippen molar-refractivity contribution >= 4 is 39.8 Å². The van der Waals surface area contributed by atoms with Gasteiger partial charge < -0.3 is 15.6 Å². The molecule has 0 atom stereocenters. The molecule has 2 aromatic heterocycles. The normalized spacial score (nSPS) is 10.9. The van der Waals surface area contributed by atoms with Gasteiger partial charge >= 0.3 is 0 Å². The number of rotatable bonds is 4. The van der Waals surface area contributed by atoms with E-state index in [1.807, 2.05) is 6.92 Å². The highest BCUT2D eigenvalue weighted by atomic mass is 35.5. The molecule has 0 aliphatic rings. The molecule has 0 aliphatic heterocycles. The molecule has 0 saturated heterocycles. The molecule has 140 valence electrons. The molecule has 0 fully saturated rings. The molecular weight excluding hydrogens is 393 g/mol. The van der Waals surface area contributed by atoms with Gasteiger partial charge in [0.25, 0.3) is 11.8 Å². The summed E-state index contributed by atoms with van der Waals surface area (Å²) in [6, 6.07) is 4.15. The highest BCUT2D eigenvalue weighted by Gasteiger charge is 2.27. The van der Waals surface area contributed by atoms with Crippen LogP contribution in [0.5, 0.6) is 0 Å². The molecule has 2 heterocycles. The average Bonchev–Trinajstić information content (AvgIpc) is 3.08. The van der Waals surface area contributed by atoms with Crippen molar-refractivity contribution in [2.45, 2.75) is 20.8 Å². The Balaban J connectivity index is 2.07. The van der Waals surface area contributed by atoms with Crippen LogP contribution in [-0.2, 0) is 0 Å². The van der Waals surface area contributed by atoms with Crippen molar-refractivity contribution in [1.29, 1.82) is 0 Å². The zero-order chi connectivity index (χ0) is 19.9. The van der Waals surface area contributed by atoms with E-state index in [1.165, 1.54) is 36.5 Å². The lowest BCUT2D eigenvalue weighted by Crippen LogP contribution is -2.18. The summed E-state index contributed by atoms with van der Waals surface area (Å²) in [5.41, 5.74) is 6.35. The van der Waals surface area contributed by atoms with Gasteiger partial charge in [-0.2, -0.15) is 0 Å². The Labute approximate surface area is 163 Å². The highest BCUT2D eigenvalue weighted by Crippen LogP contribution is 2.36. The van der Waals surface area contributed by atoms with Crippen LogP contribution in [0.15, 0.2) is 22.7 Å². The first-order valence-electron chi connectivity index (χ1n) is 7.84. The second kappa shape index (κ2) is 7.13. The van der Waals surface area contributed by atoms with Gasteiger partial charge in [-0.3, -0.25) is 9.59 Å². The third-order valence-corrected chi connectivity index (χ3v) is 5.59. The predicted molar refractivity (Wildman–Crippen MR) is 102 cm³/mol. The summed E-state index contributed by atoms with van der Waals surface area (Å²) >= 11 is 7.31. The van der Waals surface area contributed by atoms with Gasteiger partial charge in [0.15, 0.2) is 0 Å². The molecule has 0 bridgehead atoms. The van der Waals surface area contributed by atoms with E-state index >= 15 is 0 Å². The van der Waals surface area contributed by atoms with Gasteiger partial charge in [-0.1, -0.05) is 22.8 Å². The second-order valence-electron chi connectivity index (χ2n) is 5.86. The van der Waals surface area contributed by atoms with Crippen molar-refractivity contribution in [2.24, 2.45) is 5.73 Å². The Hall–Kier alpha value is -2.71. The fourth-order valence-electron chi connectivity index (χ4n) is 2.71. The number of hydrogen-bond acceptors (Lipinski definition) is 5. The predicted octanol–water partition coefficient (Wildman–Crippen LogP) is 4.47. The van der Waals surface area contributed by atoms with Crippen molar-refractivity contribution in [3.8, 4) is 11.3 Å². The van der Waals surface area contributed by atoms with Gasteiger partial charge in [-0.25, -0.2) is 4.39 Å². The minimum absolute atomic E-state index is 0.0151. The standard InChI is InChI=1S/C18H15ClFN3O3S/c1-7-9(3)27-18(12(7)16(21)24)22-17(25)13-8(2)26-23-15(13)14-10(19)5-4-6-11(14)20/h4-6H,1-3H3,(H2,21,24)(H,22,25). The second-order valence-corrected chi connectivity index (χ2v) is 7.50. The molecule has 3 rings (SSSR count). The number of benzene rings is 1. The zero-order valence-electron chi connectivity index (χ0n) is 14.6. The third kappa shape index (κ3) is 3.33. The third-order valence-electron chi connectivity index (χ3n) is 4.15. The average molecular weight is 408 g/mol. The Kier molecular flexibility index (Phi) is 5.03. The van der Waals surface area contributed by atoms with E-state index in [1.54, 1.807) is 6.92 Å². The molecule has 0 spiro atoms. The smallest absolute Gasteiger partial charge is 0.262 e. The van der Waals surface area contributed by atoms with E-state index in [2.05, 4.69) is 10.5 Å². The first kappa shape index (κ1) is 19.1. The number of aromatic nitrogens is 1. The number of primary amides is 1. The maximum absolute atomic E-state index is 14.3. The zero-order valence-corrected chi connectivity index (χ0v) is 16.2. The topological polar surface area (TPSA) is 98.2 Å². The number of nitrogens with zero attached hydrogens (tertiary/aromatic N) is 1. The minimum atomic E-state index is -0.647. The van der Waals surface area contributed by atoms with Gasteiger partial charge in [0.2, 0.25) is 0 Å². The summed E-state index contributed by atoms with van der Waals surface area (Å²) in [4.78, 5) is 25.5. The Morgan fingerprint density at radius 3 is 2.59 bits per heavy atom. The van der Waals surface area contributed by atoms with Crippen molar-refractivity contribution in [1.82, 2.24) is 5.16 Å². The Morgan fingerprint density at radius 1 is 1.26 bits per heavy atom. The van der Waals surface area contributed by atoms with Crippen LogP contribution in [0.1, 0.15) is 36.9 Å². The van der Waals surface area contributed by atoms with Crippen LogP contribution in [0, 0.1) is 26.6 Å². The van der Waals surface area contributed by atoms with E-state index in [0.717, 1.165) is 4.88 Å². The Morgan fingerprint density at radius 2 is 1.96 bits per heavy atom. The van der Waals surface area contributed by atoms with Crippen LogP contribution in [0.25, 0.3) is 11.3 Å².